The summed E-state index contributed by atoms with van der Waals surface area (Å²) in [4.78, 5) is 25.0. The van der Waals surface area contributed by atoms with Crippen LogP contribution in [0.2, 0.25) is 0 Å². The molecule has 2 unspecified atom stereocenters. The summed E-state index contributed by atoms with van der Waals surface area (Å²) in [7, 11) is 0. The molecule has 0 bridgehead atoms. The van der Waals surface area contributed by atoms with E-state index in [1.807, 2.05) is 17.0 Å². The molecule has 1 fully saturated rings. The molecule has 6 nitrogen and oxygen atoms in total. The predicted molar refractivity (Wildman–Crippen MR) is 80.8 cm³/mol. The van der Waals surface area contributed by atoms with Gasteiger partial charge in [0.2, 0.25) is 0 Å². The number of primary amides is 1. The largest absolute Gasteiger partial charge is 0.352 e. The molecule has 1 aromatic carbocycles. The third kappa shape index (κ3) is 4.19. The van der Waals surface area contributed by atoms with Crippen LogP contribution in [0.25, 0.3) is 0 Å². The molecule has 1 heterocycles. The summed E-state index contributed by atoms with van der Waals surface area (Å²) in [5.41, 5.74) is 6.60. The number of carbonyl (C=O) groups excluding carboxylic acids is 2. The highest BCUT2D eigenvalue weighted by atomic mass is 16.2. The molecule has 4 N–H and O–H groups in total. The smallest absolute Gasteiger partial charge is 0.312 e. The average molecular weight is 290 g/mol. The first kappa shape index (κ1) is 15.3. The maximum Gasteiger partial charge on any atom is 0.312 e. The second kappa shape index (κ2) is 6.58. The van der Waals surface area contributed by atoms with Crippen molar-refractivity contribution in [2.75, 3.05) is 13.1 Å². The first-order chi connectivity index (χ1) is 9.95. The van der Waals surface area contributed by atoms with Crippen molar-refractivity contribution in [3.8, 4) is 0 Å². The lowest BCUT2D eigenvalue weighted by molar-refractivity contribution is 0.0674. The molecule has 0 saturated carbocycles. The molecule has 2 atom stereocenters. The zero-order valence-electron chi connectivity index (χ0n) is 12.4. The Hall–Kier alpha value is -2.08. The highest BCUT2D eigenvalue weighted by Crippen LogP contribution is 2.11. The van der Waals surface area contributed by atoms with Crippen molar-refractivity contribution in [2.45, 2.75) is 32.5 Å². The van der Waals surface area contributed by atoms with Gasteiger partial charge in [0.15, 0.2) is 0 Å². The zero-order chi connectivity index (χ0) is 15.4. The van der Waals surface area contributed by atoms with Crippen LogP contribution in [0.1, 0.15) is 29.8 Å². The predicted octanol–water partition coefficient (Wildman–Crippen LogP) is 0.677. The number of benzene rings is 1. The lowest BCUT2D eigenvalue weighted by atomic mass is 10.1. The molecule has 6 heteroatoms. The molecule has 3 amide bonds. The Morgan fingerprint density at radius 2 is 1.81 bits per heavy atom. The lowest BCUT2D eigenvalue weighted by Crippen LogP contribution is -2.55. The second-order valence-corrected chi connectivity index (χ2v) is 5.59. The van der Waals surface area contributed by atoms with Gasteiger partial charge in [-0.3, -0.25) is 4.79 Å². The monoisotopic (exact) mass is 290 g/mol. The van der Waals surface area contributed by atoms with Crippen LogP contribution >= 0.6 is 0 Å². The summed E-state index contributed by atoms with van der Waals surface area (Å²) in [6, 6.07) is 7.29. The van der Waals surface area contributed by atoms with Gasteiger partial charge in [-0.25, -0.2) is 4.79 Å². The molecule has 114 valence electrons. The normalized spacial score (nSPS) is 21.9. The van der Waals surface area contributed by atoms with Gasteiger partial charge in [0.25, 0.3) is 5.91 Å². The molecule has 1 aromatic rings. The number of hydrogen-bond acceptors (Lipinski definition) is 3. The average Bonchev–Trinajstić information content (AvgIpc) is 2.44. The highest BCUT2D eigenvalue weighted by molar-refractivity contribution is 5.94. The number of nitrogens with one attached hydrogen (secondary N) is 2. The van der Waals surface area contributed by atoms with Crippen molar-refractivity contribution < 1.29 is 9.59 Å². The van der Waals surface area contributed by atoms with E-state index >= 15 is 0 Å². The van der Waals surface area contributed by atoms with Gasteiger partial charge in [0, 0.05) is 37.3 Å². The van der Waals surface area contributed by atoms with Crippen molar-refractivity contribution in [2.24, 2.45) is 5.73 Å². The van der Waals surface area contributed by atoms with E-state index in [2.05, 4.69) is 24.5 Å². The third-order valence-electron chi connectivity index (χ3n) is 3.51. The van der Waals surface area contributed by atoms with Gasteiger partial charge >= 0.3 is 6.03 Å². The van der Waals surface area contributed by atoms with Crippen LogP contribution in [0.4, 0.5) is 4.79 Å². The molecule has 1 aliphatic heterocycles. The van der Waals surface area contributed by atoms with E-state index in [0.29, 0.717) is 37.3 Å². The van der Waals surface area contributed by atoms with Crippen molar-refractivity contribution >= 4 is 11.9 Å². The number of hydrogen-bond donors (Lipinski definition) is 3. The maximum absolute atomic E-state index is 12.5. The van der Waals surface area contributed by atoms with Gasteiger partial charge in [-0.2, -0.15) is 0 Å². The Balaban J connectivity index is 2.00. The van der Waals surface area contributed by atoms with Gasteiger partial charge in [0.05, 0.1) is 0 Å². The zero-order valence-corrected chi connectivity index (χ0v) is 12.4. The molecule has 0 radical (unpaired) electrons. The van der Waals surface area contributed by atoms with Crippen LogP contribution in [0, 0.1) is 0 Å². The van der Waals surface area contributed by atoms with Crippen LogP contribution in [-0.2, 0) is 6.54 Å². The van der Waals surface area contributed by atoms with E-state index in [1.54, 1.807) is 12.1 Å². The van der Waals surface area contributed by atoms with Gasteiger partial charge < -0.3 is 21.3 Å². The standard InChI is InChI=1S/C15H22N4O2/c1-10-8-19(9-11(2)18-10)14(20)13-5-3-12(4-6-13)7-17-15(16)21/h3-6,10-11,18H,7-9H2,1-2H3,(H3,16,17,21). The molecular weight excluding hydrogens is 268 g/mol. The minimum absolute atomic E-state index is 0.0459. The van der Waals surface area contributed by atoms with Gasteiger partial charge in [-0.15, -0.1) is 0 Å². The SMILES string of the molecule is CC1CN(C(=O)c2ccc(CNC(N)=O)cc2)CC(C)N1. The Labute approximate surface area is 124 Å². The summed E-state index contributed by atoms with van der Waals surface area (Å²) < 4.78 is 0. The Morgan fingerprint density at radius 3 is 2.33 bits per heavy atom. The fourth-order valence-corrected chi connectivity index (χ4v) is 2.63. The van der Waals surface area contributed by atoms with E-state index in [1.165, 1.54) is 0 Å². The highest BCUT2D eigenvalue weighted by Gasteiger charge is 2.25. The maximum atomic E-state index is 12.5. The fraction of sp³-hybridized carbons (Fsp3) is 0.467. The van der Waals surface area contributed by atoms with Gasteiger partial charge in [-0.1, -0.05) is 12.1 Å². The van der Waals surface area contributed by atoms with E-state index in [-0.39, 0.29) is 5.91 Å². The quantitative estimate of drug-likeness (QED) is 0.765. The first-order valence-electron chi connectivity index (χ1n) is 7.13. The summed E-state index contributed by atoms with van der Waals surface area (Å²) in [5, 5.41) is 5.93. The minimum atomic E-state index is -0.557. The molecule has 1 saturated heterocycles. The minimum Gasteiger partial charge on any atom is -0.352 e. The van der Waals surface area contributed by atoms with E-state index in [4.69, 9.17) is 5.73 Å². The number of nitrogens with two attached hydrogens (primary N) is 1. The number of carbonyl (C=O) groups is 2. The molecule has 2 rings (SSSR count). The summed E-state index contributed by atoms with van der Waals surface area (Å²) in [6.07, 6.45) is 0. The first-order valence-corrected chi connectivity index (χ1v) is 7.13. The second-order valence-electron chi connectivity index (χ2n) is 5.59. The van der Waals surface area contributed by atoms with Gasteiger partial charge in [-0.05, 0) is 31.5 Å². The number of rotatable bonds is 3. The number of nitrogens with zero attached hydrogens (tertiary/aromatic N) is 1. The summed E-state index contributed by atoms with van der Waals surface area (Å²) in [6.45, 7) is 5.96. The van der Waals surface area contributed by atoms with E-state index in [0.717, 1.165) is 5.56 Å². The van der Waals surface area contributed by atoms with Crippen LogP contribution < -0.4 is 16.4 Å². The topological polar surface area (TPSA) is 87.5 Å². The van der Waals surface area contributed by atoms with Crippen LogP contribution in [0.5, 0.6) is 0 Å². The van der Waals surface area contributed by atoms with Crippen molar-refractivity contribution in [3.63, 3.8) is 0 Å². The van der Waals surface area contributed by atoms with Crippen LogP contribution in [-0.4, -0.2) is 42.0 Å². The summed E-state index contributed by atoms with van der Waals surface area (Å²) in [5.74, 6) is 0.0459. The fourth-order valence-electron chi connectivity index (χ4n) is 2.63. The number of urea groups is 1. The molecular formula is C15H22N4O2. The lowest BCUT2D eigenvalue weighted by Gasteiger charge is -2.36. The third-order valence-corrected chi connectivity index (χ3v) is 3.51. The van der Waals surface area contributed by atoms with Gasteiger partial charge in [0.1, 0.15) is 0 Å². The number of piperazine rings is 1. The molecule has 0 spiro atoms. The number of amides is 3. The van der Waals surface area contributed by atoms with Crippen molar-refractivity contribution in [1.29, 1.82) is 0 Å². The molecule has 21 heavy (non-hydrogen) atoms. The van der Waals surface area contributed by atoms with Crippen molar-refractivity contribution in [1.82, 2.24) is 15.5 Å². The van der Waals surface area contributed by atoms with Crippen LogP contribution in [0.3, 0.4) is 0 Å². The Morgan fingerprint density at radius 1 is 1.24 bits per heavy atom. The molecule has 1 aliphatic rings. The van der Waals surface area contributed by atoms with Crippen molar-refractivity contribution in [3.05, 3.63) is 35.4 Å². The molecule has 0 aliphatic carbocycles. The Bertz CT molecular complexity index is 505. The van der Waals surface area contributed by atoms with Crippen LogP contribution in [0.15, 0.2) is 24.3 Å². The van der Waals surface area contributed by atoms with E-state index in [9.17, 15) is 9.59 Å². The Kier molecular flexibility index (Phi) is 4.80. The molecule has 0 aromatic heterocycles. The van der Waals surface area contributed by atoms with E-state index < -0.39 is 6.03 Å². The summed E-state index contributed by atoms with van der Waals surface area (Å²) >= 11 is 0.